The zero-order valence-electron chi connectivity index (χ0n) is 12.1. The van der Waals surface area contributed by atoms with Gasteiger partial charge in [0.2, 0.25) is 11.8 Å². The SMILES string of the molecule is COc1ccc(NC(=O)CCNC(=O)C2CC2C)cc1F. The molecule has 1 saturated carbocycles. The minimum Gasteiger partial charge on any atom is -0.494 e. The second-order valence-corrected chi connectivity index (χ2v) is 5.26. The molecule has 0 radical (unpaired) electrons. The summed E-state index contributed by atoms with van der Waals surface area (Å²) in [6.07, 6.45) is 1.07. The first-order chi connectivity index (χ1) is 10.0. The zero-order chi connectivity index (χ0) is 15.4. The predicted molar refractivity (Wildman–Crippen MR) is 76.5 cm³/mol. The molecule has 2 rings (SSSR count). The van der Waals surface area contributed by atoms with E-state index in [2.05, 4.69) is 10.6 Å². The fourth-order valence-corrected chi connectivity index (χ4v) is 2.09. The van der Waals surface area contributed by atoms with E-state index < -0.39 is 5.82 Å². The Bertz CT molecular complexity index is 548. The standard InChI is InChI=1S/C15H19FN2O3/c1-9-7-11(9)15(20)17-6-5-14(19)18-10-3-4-13(21-2)12(16)8-10/h3-4,8-9,11H,5-7H2,1-2H3,(H,17,20)(H,18,19). The van der Waals surface area contributed by atoms with E-state index in [0.29, 0.717) is 11.6 Å². The van der Waals surface area contributed by atoms with Crippen LogP contribution in [-0.4, -0.2) is 25.5 Å². The van der Waals surface area contributed by atoms with Crippen LogP contribution in [0.3, 0.4) is 0 Å². The smallest absolute Gasteiger partial charge is 0.226 e. The molecule has 0 spiro atoms. The van der Waals surface area contributed by atoms with E-state index in [-0.39, 0.29) is 36.4 Å². The third-order valence-electron chi connectivity index (χ3n) is 3.53. The normalized spacial score (nSPS) is 19.8. The molecule has 1 aromatic carbocycles. The van der Waals surface area contributed by atoms with Crippen molar-refractivity contribution < 1.29 is 18.7 Å². The van der Waals surface area contributed by atoms with Crippen molar-refractivity contribution in [2.24, 2.45) is 11.8 Å². The maximum absolute atomic E-state index is 13.5. The Morgan fingerprint density at radius 1 is 1.43 bits per heavy atom. The molecule has 0 saturated heterocycles. The summed E-state index contributed by atoms with van der Waals surface area (Å²) in [5, 5.41) is 5.30. The van der Waals surface area contributed by atoms with E-state index in [0.717, 1.165) is 6.42 Å². The number of hydrogen-bond acceptors (Lipinski definition) is 3. The Morgan fingerprint density at radius 3 is 2.71 bits per heavy atom. The highest BCUT2D eigenvalue weighted by Gasteiger charge is 2.38. The van der Waals surface area contributed by atoms with Gasteiger partial charge in [0.05, 0.1) is 7.11 Å². The quantitative estimate of drug-likeness (QED) is 0.842. The summed E-state index contributed by atoms with van der Waals surface area (Å²) in [5.74, 6) is -0.135. The molecule has 2 amide bonds. The van der Waals surface area contributed by atoms with Gasteiger partial charge in [0.25, 0.3) is 0 Å². The van der Waals surface area contributed by atoms with Gasteiger partial charge < -0.3 is 15.4 Å². The van der Waals surface area contributed by atoms with Crippen molar-refractivity contribution in [3.8, 4) is 5.75 Å². The maximum Gasteiger partial charge on any atom is 0.226 e. The van der Waals surface area contributed by atoms with E-state index in [1.807, 2.05) is 6.92 Å². The van der Waals surface area contributed by atoms with Crippen molar-refractivity contribution >= 4 is 17.5 Å². The molecule has 0 aliphatic heterocycles. The van der Waals surface area contributed by atoms with Crippen molar-refractivity contribution in [2.75, 3.05) is 19.0 Å². The number of halogens is 1. The van der Waals surface area contributed by atoms with Crippen LogP contribution >= 0.6 is 0 Å². The van der Waals surface area contributed by atoms with Gasteiger partial charge in [0, 0.05) is 30.6 Å². The van der Waals surface area contributed by atoms with Crippen LogP contribution < -0.4 is 15.4 Å². The van der Waals surface area contributed by atoms with Gasteiger partial charge in [0.1, 0.15) is 0 Å². The third-order valence-corrected chi connectivity index (χ3v) is 3.53. The fourth-order valence-electron chi connectivity index (χ4n) is 2.09. The molecule has 1 aliphatic rings. The van der Waals surface area contributed by atoms with Crippen LogP contribution in [0.2, 0.25) is 0 Å². The minimum absolute atomic E-state index is 0.00536. The summed E-state index contributed by atoms with van der Waals surface area (Å²) in [7, 11) is 1.38. The highest BCUT2D eigenvalue weighted by molar-refractivity contribution is 5.91. The number of anilines is 1. The molecule has 1 fully saturated rings. The first-order valence-electron chi connectivity index (χ1n) is 6.92. The van der Waals surface area contributed by atoms with Gasteiger partial charge >= 0.3 is 0 Å². The van der Waals surface area contributed by atoms with Gasteiger partial charge in [-0.05, 0) is 24.5 Å². The molecule has 1 aromatic rings. The first-order valence-corrected chi connectivity index (χ1v) is 6.92. The van der Waals surface area contributed by atoms with E-state index in [4.69, 9.17) is 4.74 Å². The molecular weight excluding hydrogens is 275 g/mol. The topological polar surface area (TPSA) is 67.4 Å². The first kappa shape index (κ1) is 15.3. The molecule has 2 unspecified atom stereocenters. The molecular formula is C15H19FN2O3. The molecule has 5 nitrogen and oxygen atoms in total. The number of nitrogens with one attached hydrogen (secondary N) is 2. The van der Waals surface area contributed by atoms with E-state index in [1.165, 1.54) is 19.2 Å². The minimum atomic E-state index is -0.536. The van der Waals surface area contributed by atoms with Crippen molar-refractivity contribution in [2.45, 2.75) is 19.8 Å². The van der Waals surface area contributed by atoms with Gasteiger partial charge in [0.15, 0.2) is 11.6 Å². The molecule has 0 aromatic heterocycles. The summed E-state index contributed by atoms with van der Waals surface area (Å²) < 4.78 is 18.3. The van der Waals surface area contributed by atoms with Gasteiger partial charge in [-0.2, -0.15) is 0 Å². The second kappa shape index (κ2) is 6.56. The molecule has 21 heavy (non-hydrogen) atoms. The second-order valence-electron chi connectivity index (χ2n) is 5.26. The van der Waals surface area contributed by atoms with E-state index in [9.17, 15) is 14.0 Å². The van der Waals surface area contributed by atoms with Crippen LogP contribution in [0.5, 0.6) is 5.75 Å². The lowest BCUT2D eigenvalue weighted by molar-refractivity contribution is -0.122. The van der Waals surface area contributed by atoms with Crippen LogP contribution in [0.25, 0.3) is 0 Å². The van der Waals surface area contributed by atoms with Crippen molar-refractivity contribution in [1.29, 1.82) is 0 Å². The lowest BCUT2D eigenvalue weighted by Crippen LogP contribution is -2.29. The Morgan fingerprint density at radius 2 is 2.14 bits per heavy atom. The highest BCUT2D eigenvalue weighted by atomic mass is 19.1. The number of methoxy groups -OCH3 is 1. The molecule has 1 aliphatic carbocycles. The molecule has 2 N–H and O–H groups in total. The average Bonchev–Trinajstić information content (AvgIpc) is 3.16. The summed E-state index contributed by atoms with van der Waals surface area (Å²) in [4.78, 5) is 23.3. The van der Waals surface area contributed by atoms with E-state index in [1.54, 1.807) is 6.07 Å². The van der Waals surface area contributed by atoms with Gasteiger partial charge in [-0.25, -0.2) is 4.39 Å². The predicted octanol–water partition coefficient (Wildman–Crippen LogP) is 1.94. The number of benzene rings is 1. The lowest BCUT2D eigenvalue weighted by Gasteiger charge is -2.08. The highest BCUT2D eigenvalue weighted by Crippen LogP contribution is 2.37. The van der Waals surface area contributed by atoms with Crippen molar-refractivity contribution in [3.63, 3.8) is 0 Å². The third kappa shape index (κ3) is 4.18. The van der Waals surface area contributed by atoms with Crippen LogP contribution in [0.15, 0.2) is 18.2 Å². The summed E-state index contributed by atoms with van der Waals surface area (Å²) in [6, 6.07) is 4.20. The molecule has 0 heterocycles. The van der Waals surface area contributed by atoms with Crippen molar-refractivity contribution in [3.05, 3.63) is 24.0 Å². The van der Waals surface area contributed by atoms with Crippen LogP contribution in [0, 0.1) is 17.7 Å². The summed E-state index contributed by atoms with van der Waals surface area (Å²) in [6.45, 7) is 2.31. The number of carbonyl (C=O) groups is 2. The van der Waals surface area contributed by atoms with Gasteiger partial charge in [-0.3, -0.25) is 9.59 Å². The number of carbonyl (C=O) groups excluding carboxylic acids is 2. The largest absolute Gasteiger partial charge is 0.494 e. The van der Waals surface area contributed by atoms with Crippen molar-refractivity contribution in [1.82, 2.24) is 5.32 Å². The van der Waals surface area contributed by atoms with Crippen LogP contribution in [-0.2, 0) is 9.59 Å². The molecule has 2 atom stereocenters. The number of hydrogen-bond donors (Lipinski definition) is 2. The Balaban J connectivity index is 1.74. The number of rotatable bonds is 6. The summed E-state index contributed by atoms with van der Waals surface area (Å²) >= 11 is 0. The lowest BCUT2D eigenvalue weighted by atomic mass is 10.2. The Hall–Kier alpha value is -2.11. The summed E-state index contributed by atoms with van der Waals surface area (Å²) in [5.41, 5.74) is 0.362. The van der Waals surface area contributed by atoms with Crippen LogP contribution in [0.1, 0.15) is 19.8 Å². The monoisotopic (exact) mass is 294 g/mol. The number of amides is 2. The Kier molecular flexibility index (Phi) is 4.77. The Labute approximate surface area is 122 Å². The maximum atomic E-state index is 13.5. The van der Waals surface area contributed by atoms with E-state index >= 15 is 0 Å². The zero-order valence-corrected chi connectivity index (χ0v) is 12.1. The molecule has 114 valence electrons. The molecule has 0 bridgehead atoms. The van der Waals surface area contributed by atoms with Crippen LogP contribution in [0.4, 0.5) is 10.1 Å². The van der Waals surface area contributed by atoms with Gasteiger partial charge in [-0.15, -0.1) is 0 Å². The fraction of sp³-hybridized carbons (Fsp3) is 0.467. The number of ether oxygens (including phenoxy) is 1. The molecule has 6 heteroatoms. The van der Waals surface area contributed by atoms with Gasteiger partial charge in [-0.1, -0.05) is 6.92 Å². The average molecular weight is 294 g/mol.